The number of benzene rings is 1. The average molecular weight is 261 g/mol. The van der Waals surface area contributed by atoms with Gasteiger partial charge < -0.3 is 5.11 Å². The number of rotatable bonds is 4. The van der Waals surface area contributed by atoms with Gasteiger partial charge in [0.15, 0.2) is 0 Å². The van der Waals surface area contributed by atoms with Gasteiger partial charge in [0.1, 0.15) is 5.82 Å². The van der Waals surface area contributed by atoms with Crippen LogP contribution in [-0.2, 0) is 6.42 Å². The highest BCUT2D eigenvalue weighted by Crippen LogP contribution is 2.22. The van der Waals surface area contributed by atoms with E-state index in [0.29, 0.717) is 17.3 Å². The lowest BCUT2D eigenvalue weighted by Gasteiger charge is -2.08. The molecular weight excluding hydrogens is 247 g/mol. The van der Waals surface area contributed by atoms with Crippen LogP contribution in [-0.4, -0.2) is 11.2 Å². The molecule has 0 aliphatic rings. The summed E-state index contributed by atoms with van der Waals surface area (Å²) in [5.41, 5.74) is 0.914. The van der Waals surface area contributed by atoms with Crippen LogP contribution in [0.2, 0.25) is 0 Å². The molecule has 0 aliphatic heterocycles. The fraction of sp³-hybridized carbons (Fsp3) is 0.455. The van der Waals surface area contributed by atoms with E-state index in [1.807, 2.05) is 13.0 Å². The Balaban J connectivity index is 2.63. The third-order valence-electron chi connectivity index (χ3n) is 2.25. The first kappa shape index (κ1) is 11.7. The van der Waals surface area contributed by atoms with Gasteiger partial charge in [-0.3, -0.25) is 0 Å². The summed E-state index contributed by atoms with van der Waals surface area (Å²) < 4.78 is 13.6. The molecule has 78 valence electrons. The summed E-state index contributed by atoms with van der Waals surface area (Å²) in [6, 6.07) is 4.98. The van der Waals surface area contributed by atoms with Crippen LogP contribution >= 0.6 is 15.9 Å². The van der Waals surface area contributed by atoms with E-state index in [2.05, 4.69) is 15.9 Å². The van der Waals surface area contributed by atoms with Gasteiger partial charge in [0, 0.05) is 0 Å². The molecule has 0 bridgehead atoms. The van der Waals surface area contributed by atoms with Gasteiger partial charge in [-0.05, 0) is 46.8 Å². The Hall–Kier alpha value is -0.410. The second kappa shape index (κ2) is 5.47. The Labute approximate surface area is 92.1 Å². The van der Waals surface area contributed by atoms with Crippen LogP contribution < -0.4 is 0 Å². The maximum absolute atomic E-state index is 13.1. The van der Waals surface area contributed by atoms with Crippen molar-refractivity contribution in [3.63, 3.8) is 0 Å². The van der Waals surface area contributed by atoms with Crippen LogP contribution in [0.5, 0.6) is 0 Å². The van der Waals surface area contributed by atoms with Crippen molar-refractivity contribution in [2.75, 3.05) is 0 Å². The van der Waals surface area contributed by atoms with E-state index in [9.17, 15) is 9.50 Å². The van der Waals surface area contributed by atoms with E-state index < -0.39 is 0 Å². The number of aryl methyl sites for hydroxylation is 1. The first-order valence-corrected chi connectivity index (χ1v) is 5.55. The Morgan fingerprint density at radius 2 is 2.21 bits per heavy atom. The van der Waals surface area contributed by atoms with E-state index in [0.717, 1.165) is 12.0 Å². The molecule has 0 saturated carbocycles. The number of halogens is 2. The Bertz CT molecular complexity index is 301. The van der Waals surface area contributed by atoms with Gasteiger partial charge >= 0.3 is 0 Å². The monoisotopic (exact) mass is 260 g/mol. The maximum atomic E-state index is 13.1. The Kier molecular flexibility index (Phi) is 4.55. The van der Waals surface area contributed by atoms with Gasteiger partial charge in [0.25, 0.3) is 0 Å². The largest absolute Gasteiger partial charge is 0.393 e. The molecule has 14 heavy (non-hydrogen) atoms. The minimum Gasteiger partial charge on any atom is -0.393 e. The standard InChI is InChI=1S/C11H14BrFO/c1-2-9(14)7-6-8-4-3-5-10(13)11(8)12/h3-5,9,14H,2,6-7H2,1H3. The molecular formula is C11H14BrFO. The smallest absolute Gasteiger partial charge is 0.137 e. The van der Waals surface area contributed by atoms with Gasteiger partial charge in [-0.1, -0.05) is 19.1 Å². The van der Waals surface area contributed by atoms with Crippen molar-refractivity contribution in [3.05, 3.63) is 34.1 Å². The zero-order valence-corrected chi connectivity index (χ0v) is 9.72. The van der Waals surface area contributed by atoms with Crippen molar-refractivity contribution in [1.82, 2.24) is 0 Å². The minimum atomic E-state index is -0.287. The first-order chi connectivity index (χ1) is 6.65. The van der Waals surface area contributed by atoms with E-state index in [-0.39, 0.29) is 11.9 Å². The third-order valence-corrected chi connectivity index (χ3v) is 3.14. The van der Waals surface area contributed by atoms with Crippen molar-refractivity contribution >= 4 is 15.9 Å². The van der Waals surface area contributed by atoms with E-state index in [1.165, 1.54) is 6.07 Å². The average Bonchev–Trinajstić information content (AvgIpc) is 2.20. The summed E-state index contributed by atoms with van der Waals surface area (Å²) in [5.74, 6) is -0.242. The molecule has 0 radical (unpaired) electrons. The number of aliphatic hydroxyl groups is 1. The van der Waals surface area contributed by atoms with Crippen LogP contribution in [0.3, 0.4) is 0 Å². The molecule has 0 amide bonds. The molecule has 0 aromatic heterocycles. The number of aliphatic hydroxyl groups excluding tert-OH is 1. The Morgan fingerprint density at radius 3 is 2.86 bits per heavy atom. The molecule has 1 atom stereocenters. The molecule has 1 N–H and O–H groups in total. The zero-order valence-electron chi connectivity index (χ0n) is 8.13. The summed E-state index contributed by atoms with van der Waals surface area (Å²) in [6.07, 6.45) is 1.84. The van der Waals surface area contributed by atoms with Crippen LogP contribution in [0.4, 0.5) is 4.39 Å². The molecule has 0 saturated heterocycles. The first-order valence-electron chi connectivity index (χ1n) is 4.76. The molecule has 0 heterocycles. The van der Waals surface area contributed by atoms with Crippen molar-refractivity contribution in [3.8, 4) is 0 Å². The predicted molar refractivity (Wildman–Crippen MR) is 58.7 cm³/mol. The van der Waals surface area contributed by atoms with Crippen LogP contribution in [0.1, 0.15) is 25.3 Å². The number of hydrogen-bond donors (Lipinski definition) is 1. The lowest BCUT2D eigenvalue weighted by atomic mass is 10.1. The van der Waals surface area contributed by atoms with Crippen molar-refractivity contribution in [2.45, 2.75) is 32.3 Å². The van der Waals surface area contributed by atoms with E-state index in [1.54, 1.807) is 6.07 Å². The molecule has 1 aromatic rings. The molecule has 3 heteroatoms. The van der Waals surface area contributed by atoms with Crippen LogP contribution in [0.15, 0.2) is 22.7 Å². The van der Waals surface area contributed by atoms with Gasteiger partial charge in [-0.15, -0.1) is 0 Å². The summed E-state index contributed by atoms with van der Waals surface area (Å²) in [4.78, 5) is 0. The van der Waals surface area contributed by atoms with Crippen molar-refractivity contribution in [2.24, 2.45) is 0 Å². The fourth-order valence-corrected chi connectivity index (χ4v) is 1.73. The topological polar surface area (TPSA) is 20.2 Å². The minimum absolute atomic E-state index is 0.242. The molecule has 1 nitrogen and oxygen atoms in total. The predicted octanol–water partition coefficient (Wildman–Crippen LogP) is 3.29. The molecule has 0 fully saturated rings. The normalized spacial score (nSPS) is 12.9. The zero-order chi connectivity index (χ0) is 10.6. The highest BCUT2D eigenvalue weighted by molar-refractivity contribution is 9.10. The fourth-order valence-electron chi connectivity index (χ4n) is 1.27. The lowest BCUT2D eigenvalue weighted by molar-refractivity contribution is 0.160. The second-order valence-corrected chi connectivity index (χ2v) is 4.11. The number of hydrogen-bond acceptors (Lipinski definition) is 1. The summed E-state index contributed by atoms with van der Waals surface area (Å²) in [5, 5.41) is 9.37. The molecule has 1 unspecified atom stereocenters. The lowest BCUT2D eigenvalue weighted by Crippen LogP contribution is -2.06. The molecule has 0 spiro atoms. The van der Waals surface area contributed by atoms with Crippen molar-refractivity contribution in [1.29, 1.82) is 0 Å². The summed E-state index contributed by atoms with van der Waals surface area (Å²) in [7, 11) is 0. The van der Waals surface area contributed by atoms with Gasteiger partial charge in [-0.25, -0.2) is 4.39 Å². The Morgan fingerprint density at radius 1 is 1.50 bits per heavy atom. The van der Waals surface area contributed by atoms with E-state index >= 15 is 0 Å². The van der Waals surface area contributed by atoms with Crippen LogP contribution in [0.25, 0.3) is 0 Å². The van der Waals surface area contributed by atoms with Gasteiger partial charge in [-0.2, -0.15) is 0 Å². The highest BCUT2D eigenvalue weighted by Gasteiger charge is 2.07. The summed E-state index contributed by atoms with van der Waals surface area (Å²) >= 11 is 3.20. The highest BCUT2D eigenvalue weighted by atomic mass is 79.9. The van der Waals surface area contributed by atoms with Gasteiger partial charge in [0.2, 0.25) is 0 Å². The summed E-state index contributed by atoms with van der Waals surface area (Å²) in [6.45, 7) is 1.94. The molecule has 1 rings (SSSR count). The maximum Gasteiger partial charge on any atom is 0.137 e. The van der Waals surface area contributed by atoms with Crippen LogP contribution in [0, 0.1) is 5.82 Å². The molecule has 1 aromatic carbocycles. The second-order valence-electron chi connectivity index (χ2n) is 3.31. The quantitative estimate of drug-likeness (QED) is 0.881. The van der Waals surface area contributed by atoms with E-state index in [4.69, 9.17) is 0 Å². The third kappa shape index (κ3) is 3.07. The van der Waals surface area contributed by atoms with Gasteiger partial charge in [0.05, 0.1) is 10.6 Å². The van der Waals surface area contributed by atoms with Crippen molar-refractivity contribution < 1.29 is 9.50 Å². The molecule has 0 aliphatic carbocycles. The SMILES string of the molecule is CCC(O)CCc1cccc(F)c1Br.